The van der Waals surface area contributed by atoms with Crippen LogP contribution < -0.4 is 0 Å². The van der Waals surface area contributed by atoms with Crippen LogP contribution >= 0.6 is 0 Å². The zero-order chi connectivity index (χ0) is 10.6. The van der Waals surface area contributed by atoms with Crippen LogP contribution in [0.3, 0.4) is 0 Å². The van der Waals surface area contributed by atoms with Crippen molar-refractivity contribution in [3.8, 4) is 0 Å². The van der Waals surface area contributed by atoms with Gasteiger partial charge in [-0.15, -0.1) is 0 Å². The molecule has 0 heterocycles. The molecule has 1 saturated carbocycles. The number of carboxylic acids is 1. The van der Waals surface area contributed by atoms with E-state index in [2.05, 4.69) is 0 Å². The molecule has 0 atom stereocenters. The monoisotopic (exact) mass is 204 g/mol. The molecule has 0 radical (unpaired) electrons. The van der Waals surface area contributed by atoms with Crippen LogP contribution in [-0.2, 0) is 4.79 Å². The highest BCUT2D eigenvalue weighted by molar-refractivity contribution is 5.80. The van der Waals surface area contributed by atoms with Crippen molar-refractivity contribution >= 4 is 5.97 Å². The number of hydrogen-bond donors (Lipinski definition) is 1. The highest BCUT2D eigenvalue weighted by Crippen LogP contribution is 2.32. The predicted octanol–water partition coefficient (Wildman–Crippen LogP) is 2.84. The maximum absolute atomic E-state index is 12.5. The van der Waals surface area contributed by atoms with E-state index >= 15 is 0 Å². The molecule has 0 bridgehead atoms. The van der Waals surface area contributed by atoms with Gasteiger partial charge in [-0.2, -0.15) is 0 Å². The average molecular weight is 204 g/mol. The third-order valence-electron chi connectivity index (χ3n) is 2.62. The molecular weight excluding hydrogens is 190 g/mol. The van der Waals surface area contributed by atoms with Crippen molar-refractivity contribution in [3.63, 3.8) is 0 Å². The van der Waals surface area contributed by atoms with Crippen LogP contribution in [0.2, 0.25) is 0 Å². The van der Waals surface area contributed by atoms with Crippen molar-refractivity contribution in [3.05, 3.63) is 11.6 Å². The fourth-order valence-electron chi connectivity index (χ4n) is 1.94. The minimum absolute atomic E-state index is 0.197. The van der Waals surface area contributed by atoms with Gasteiger partial charge in [-0.05, 0) is 18.8 Å². The number of carboxylic acid groups (broad SMARTS) is 1. The molecule has 4 heteroatoms. The second kappa shape index (κ2) is 5.08. The van der Waals surface area contributed by atoms with Crippen molar-refractivity contribution in [1.82, 2.24) is 0 Å². The molecular formula is C10H14F2O2. The smallest absolute Gasteiger partial charge is 0.328 e. The largest absolute Gasteiger partial charge is 0.478 e. The lowest BCUT2D eigenvalue weighted by Gasteiger charge is -2.23. The van der Waals surface area contributed by atoms with Gasteiger partial charge in [0.2, 0.25) is 0 Å². The quantitative estimate of drug-likeness (QED) is 0.718. The number of aliphatic carboxylic acids is 1. The minimum Gasteiger partial charge on any atom is -0.478 e. The van der Waals surface area contributed by atoms with Gasteiger partial charge in [-0.3, -0.25) is 0 Å². The lowest BCUT2D eigenvalue weighted by molar-refractivity contribution is -0.131. The van der Waals surface area contributed by atoms with Crippen molar-refractivity contribution in [1.29, 1.82) is 0 Å². The van der Waals surface area contributed by atoms with E-state index in [4.69, 9.17) is 5.11 Å². The summed E-state index contributed by atoms with van der Waals surface area (Å²) in [6, 6.07) is 0. The van der Waals surface area contributed by atoms with Gasteiger partial charge in [0, 0.05) is 11.6 Å². The van der Waals surface area contributed by atoms with Gasteiger partial charge in [0.1, 0.15) is 0 Å². The van der Waals surface area contributed by atoms with E-state index in [0.717, 1.165) is 19.3 Å². The lowest BCUT2D eigenvalue weighted by atomic mass is 9.83. The number of hydrogen-bond acceptors (Lipinski definition) is 1. The molecule has 14 heavy (non-hydrogen) atoms. The molecule has 0 aliphatic heterocycles. The molecule has 0 saturated heterocycles. The Balaban J connectivity index is 2.70. The first-order valence-electron chi connectivity index (χ1n) is 4.84. The van der Waals surface area contributed by atoms with Crippen LogP contribution in [0.25, 0.3) is 0 Å². The summed E-state index contributed by atoms with van der Waals surface area (Å²) >= 11 is 0. The molecule has 0 spiro atoms. The predicted molar refractivity (Wildman–Crippen MR) is 48.3 cm³/mol. The van der Waals surface area contributed by atoms with E-state index in [1.807, 2.05) is 0 Å². The van der Waals surface area contributed by atoms with Gasteiger partial charge in [0.15, 0.2) is 0 Å². The summed E-state index contributed by atoms with van der Waals surface area (Å²) in [5.74, 6) is -1.49. The zero-order valence-corrected chi connectivity index (χ0v) is 7.88. The average Bonchev–Trinajstić information content (AvgIpc) is 2.15. The molecule has 1 aliphatic carbocycles. The normalized spacial score (nSPS) is 20.1. The topological polar surface area (TPSA) is 37.3 Å². The third-order valence-corrected chi connectivity index (χ3v) is 2.62. The third kappa shape index (κ3) is 3.09. The van der Waals surface area contributed by atoms with Gasteiger partial charge in [-0.25, -0.2) is 13.6 Å². The molecule has 80 valence electrons. The van der Waals surface area contributed by atoms with E-state index in [0.29, 0.717) is 18.9 Å². The van der Waals surface area contributed by atoms with Crippen molar-refractivity contribution < 1.29 is 18.7 Å². The molecule has 1 aliphatic rings. The van der Waals surface area contributed by atoms with Gasteiger partial charge in [0.05, 0.1) is 0 Å². The molecule has 0 amide bonds. The fourth-order valence-corrected chi connectivity index (χ4v) is 1.94. The summed E-state index contributed by atoms with van der Waals surface area (Å²) in [7, 11) is 0. The highest BCUT2D eigenvalue weighted by atomic mass is 19.3. The van der Waals surface area contributed by atoms with Crippen LogP contribution in [0.4, 0.5) is 8.78 Å². The maximum atomic E-state index is 12.5. The van der Waals surface area contributed by atoms with Crippen LogP contribution in [0.1, 0.15) is 32.1 Å². The van der Waals surface area contributed by atoms with E-state index < -0.39 is 12.4 Å². The minimum atomic E-state index is -2.63. The summed E-state index contributed by atoms with van der Waals surface area (Å²) in [5, 5.41) is 8.45. The number of carbonyl (C=O) groups is 1. The van der Waals surface area contributed by atoms with Crippen LogP contribution in [0, 0.1) is 5.92 Å². The van der Waals surface area contributed by atoms with E-state index in [1.165, 1.54) is 0 Å². The Morgan fingerprint density at radius 3 is 2.29 bits per heavy atom. The molecule has 1 rings (SSSR count). The number of halogens is 2. The summed E-state index contributed by atoms with van der Waals surface area (Å²) in [4.78, 5) is 10.3. The van der Waals surface area contributed by atoms with Gasteiger partial charge in [0.25, 0.3) is 6.43 Å². The van der Waals surface area contributed by atoms with E-state index in [9.17, 15) is 13.6 Å². The Bertz CT molecular complexity index is 230. The Labute approximate surface area is 81.6 Å². The second-order valence-corrected chi connectivity index (χ2v) is 3.62. The van der Waals surface area contributed by atoms with Crippen molar-refractivity contribution in [2.45, 2.75) is 38.5 Å². The molecule has 0 aromatic heterocycles. The van der Waals surface area contributed by atoms with Gasteiger partial charge in [-0.1, -0.05) is 19.3 Å². The molecule has 0 aromatic carbocycles. The molecule has 0 aromatic rings. The first-order valence-corrected chi connectivity index (χ1v) is 4.84. The Hall–Kier alpha value is -0.930. The van der Waals surface area contributed by atoms with Crippen LogP contribution in [-0.4, -0.2) is 17.5 Å². The second-order valence-electron chi connectivity index (χ2n) is 3.62. The highest BCUT2D eigenvalue weighted by Gasteiger charge is 2.24. The molecule has 1 fully saturated rings. The summed E-state index contributed by atoms with van der Waals surface area (Å²) in [5.41, 5.74) is -0.197. The lowest BCUT2D eigenvalue weighted by Crippen LogP contribution is -2.15. The SMILES string of the molecule is O=C(O)/C=C(\C(F)F)C1CCCCC1. The number of rotatable bonds is 3. The first kappa shape index (κ1) is 11.1. The van der Waals surface area contributed by atoms with Gasteiger partial charge < -0.3 is 5.11 Å². The zero-order valence-electron chi connectivity index (χ0n) is 7.88. The molecule has 1 N–H and O–H groups in total. The summed E-state index contributed by atoms with van der Waals surface area (Å²) < 4.78 is 25.0. The van der Waals surface area contributed by atoms with Gasteiger partial charge >= 0.3 is 5.97 Å². The first-order chi connectivity index (χ1) is 6.61. The van der Waals surface area contributed by atoms with Crippen LogP contribution in [0.5, 0.6) is 0 Å². The summed E-state index contributed by atoms with van der Waals surface area (Å²) in [6.07, 6.45) is 2.37. The van der Waals surface area contributed by atoms with Crippen LogP contribution in [0.15, 0.2) is 11.6 Å². The number of allylic oxidation sites excluding steroid dienone is 1. The Morgan fingerprint density at radius 1 is 1.29 bits per heavy atom. The fraction of sp³-hybridized carbons (Fsp3) is 0.700. The number of alkyl halides is 2. The van der Waals surface area contributed by atoms with E-state index in [-0.39, 0.29) is 11.5 Å². The Kier molecular flexibility index (Phi) is 4.04. The maximum Gasteiger partial charge on any atom is 0.328 e. The standard InChI is InChI=1S/C10H14F2O2/c11-10(12)8(6-9(13)14)7-4-2-1-3-5-7/h6-7,10H,1-5H2,(H,13,14)/b8-6-. The van der Waals surface area contributed by atoms with E-state index in [1.54, 1.807) is 0 Å². The summed E-state index contributed by atoms with van der Waals surface area (Å²) in [6.45, 7) is 0. The molecule has 2 nitrogen and oxygen atoms in total. The van der Waals surface area contributed by atoms with Crippen molar-refractivity contribution in [2.24, 2.45) is 5.92 Å². The Morgan fingerprint density at radius 2 is 1.86 bits per heavy atom. The van der Waals surface area contributed by atoms with Crippen molar-refractivity contribution in [2.75, 3.05) is 0 Å². The molecule has 0 unspecified atom stereocenters.